The van der Waals surface area contributed by atoms with Crippen LogP contribution in [0.4, 0.5) is 14.6 Å². The molecule has 2 rings (SSSR count). The number of benzene rings is 1. The summed E-state index contributed by atoms with van der Waals surface area (Å²) in [6, 6.07) is 3.19. The minimum atomic E-state index is -0.556. The highest BCUT2D eigenvalue weighted by molar-refractivity contribution is 5.66. The maximum absolute atomic E-state index is 13.6. The van der Waals surface area contributed by atoms with E-state index in [-0.39, 0.29) is 17.1 Å². The lowest BCUT2D eigenvalue weighted by Crippen LogP contribution is -1.94. The number of nitrogens with two attached hydrogens (primary N) is 1. The molecule has 1 aromatic carbocycles. The Morgan fingerprint density at radius 2 is 2.12 bits per heavy atom. The molecule has 0 saturated heterocycles. The summed E-state index contributed by atoms with van der Waals surface area (Å²) in [6.45, 7) is 1.96. The minimum absolute atomic E-state index is 0.0534. The number of halogens is 2. The monoisotopic (exact) mass is 238 g/mol. The topological polar surface area (TPSA) is 52.0 Å². The molecule has 0 fully saturated rings. The van der Waals surface area contributed by atoms with E-state index in [2.05, 4.69) is 5.16 Å². The van der Waals surface area contributed by atoms with E-state index in [1.165, 1.54) is 0 Å². The van der Waals surface area contributed by atoms with Crippen molar-refractivity contribution in [1.29, 1.82) is 0 Å². The Morgan fingerprint density at radius 3 is 2.82 bits per heavy atom. The predicted molar refractivity (Wildman–Crippen MR) is 60.3 cm³/mol. The van der Waals surface area contributed by atoms with E-state index in [1.807, 2.05) is 6.92 Å². The standard InChI is InChI=1S/C12H12F2N2O/c1-2-3-8-11(17-16-12(8)15)9-6-7(13)4-5-10(9)14/h4-6H,2-3H2,1H3,(H2,15,16). The van der Waals surface area contributed by atoms with E-state index < -0.39 is 11.6 Å². The maximum Gasteiger partial charge on any atom is 0.175 e. The van der Waals surface area contributed by atoms with Crippen molar-refractivity contribution in [3.63, 3.8) is 0 Å². The Labute approximate surface area is 97.2 Å². The average Bonchev–Trinajstić information content (AvgIpc) is 2.65. The highest BCUT2D eigenvalue weighted by atomic mass is 19.1. The van der Waals surface area contributed by atoms with Crippen molar-refractivity contribution in [2.75, 3.05) is 5.73 Å². The zero-order chi connectivity index (χ0) is 12.4. The van der Waals surface area contributed by atoms with Crippen LogP contribution in [-0.2, 0) is 6.42 Å². The molecular formula is C12H12F2N2O. The van der Waals surface area contributed by atoms with Crippen LogP contribution in [0.15, 0.2) is 22.7 Å². The van der Waals surface area contributed by atoms with E-state index >= 15 is 0 Å². The van der Waals surface area contributed by atoms with Gasteiger partial charge in [0.25, 0.3) is 0 Å². The molecule has 3 nitrogen and oxygen atoms in total. The molecule has 5 heteroatoms. The molecule has 2 N–H and O–H groups in total. The molecule has 0 radical (unpaired) electrons. The molecule has 1 heterocycles. The lowest BCUT2D eigenvalue weighted by molar-refractivity contribution is 0.432. The van der Waals surface area contributed by atoms with Gasteiger partial charge in [0.15, 0.2) is 11.6 Å². The van der Waals surface area contributed by atoms with Crippen LogP contribution >= 0.6 is 0 Å². The van der Waals surface area contributed by atoms with Crippen LogP contribution in [-0.4, -0.2) is 5.16 Å². The number of nitrogens with zero attached hydrogens (tertiary/aromatic N) is 1. The number of anilines is 1. The summed E-state index contributed by atoms with van der Waals surface area (Å²) in [4.78, 5) is 0. The quantitative estimate of drug-likeness (QED) is 0.893. The van der Waals surface area contributed by atoms with Crippen molar-refractivity contribution >= 4 is 5.82 Å². The third-order valence-electron chi connectivity index (χ3n) is 2.49. The molecular weight excluding hydrogens is 226 g/mol. The summed E-state index contributed by atoms with van der Waals surface area (Å²) in [6.07, 6.45) is 1.43. The molecule has 17 heavy (non-hydrogen) atoms. The molecule has 0 saturated carbocycles. The lowest BCUT2D eigenvalue weighted by atomic mass is 10.0. The fourth-order valence-corrected chi connectivity index (χ4v) is 1.70. The second-order valence-corrected chi connectivity index (χ2v) is 3.75. The highest BCUT2D eigenvalue weighted by Crippen LogP contribution is 2.31. The smallest absolute Gasteiger partial charge is 0.175 e. The summed E-state index contributed by atoms with van der Waals surface area (Å²) in [5.41, 5.74) is 6.31. The van der Waals surface area contributed by atoms with Crippen molar-refractivity contribution in [1.82, 2.24) is 5.16 Å². The number of rotatable bonds is 3. The van der Waals surface area contributed by atoms with Crippen molar-refractivity contribution < 1.29 is 13.3 Å². The summed E-state index contributed by atoms with van der Waals surface area (Å²) in [5, 5.41) is 3.60. The largest absolute Gasteiger partial charge is 0.381 e. The SMILES string of the molecule is CCCc1c(N)noc1-c1cc(F)ccc1F. The summed E-state index contributed by atoms with van der Waals surface area (Å²) < 4.78 is 31.7. The zero-order valence-electron chi connectivity index (χ0n) is 9.34. The van der Waals surface area contributed by atoms with Crippen molar-refractivity contribution in [3.05, 3.63) is 35.4 Å². The van der Waals surface area contributed by atoms with E-state index in [0.717, 1.165) is 24.6 Å². The van der Waals surface area contributed by atoms with E-state index in [1.54, 1.807) is 0 Å². The Balaban J connectivity index is 2.56. The molecule has 0 aliphatic heterocycles. The number of aromatic nitrogens is 1. The van der Waals surface area contributed by atoms with Crippen LogP contribution in [0.5, 0.6) is 0 Å². The number of nitrogen functional groups attached to an aromatic ring is 1. The fourth-order valence-electron chi connectivity index (χ4n) is 1.70. The summed E-state index contributed by atoms with van der Waals surface area (Å²) >= 11 is 0. The van der Waals surface area contributed by atoms with E-state index in [4.69, 9.17) is 10.3 Å². The first-order chi connectivity index (χ1) is 8.13. The molecule has 1 aromatic heterocycles. The van der Waals surface area contributed by atoms with Gasteiger partial charge in [0.2, 0.25) is 0 Å². The zero-order valence-corrected chi connectivity index (χ0v) is 9.34. The van der Waals surface area contributed by atoms with Gasteiger partial charge < -0.3 is 10.3 Å². The van der Waals surface area contributed by atoms with Gasteiger partial charge in [-0.15, -0.1) is 0 Å². The highest BCUT2D eigenvalue weighted by Gasteiger charge is 2.18. The molecule has 2 aromatic rings. The van der Waals surface area contributed by atoms with Gasteiger partial charge >= 0.3 is 0 Å². The predicted octanol–water partition coefficient (Wildman–Crippen LogP) is 3.15. The van der Waals surface area contributed by atoms with Crippen molar-refractivity contribution in [2.45, 2.75) is 19.8 Å². The first-order valence-electron chi connectivity index (χ1n) is 5.33. The van der Waals surface area contributed by atoms with Gasteiger partial charge in [-0.05, 0) is 24.6 Å². The second kappa shape index (κ2) is 4.53. The first-order valence-corrected chi connectivity index (χ1v) is 5.33. The number of hydrogen-bond donors (Lipinski definition) is 1. The Morgan fingerprint density at radius 1 is 1.35 bits per heavy atom. The Bertz CT molecular complexity index is 537. The second-order valence-electron chi connectivity index (χ2n) is 3.75. The summed E-state index contributed by atoms with van der Waals surface area (Å²) in [5.74, 6) is -0.648. The molecule has 0 atom stereocenters. The van der Waals surface area contributed by atoms with Crippen LogP contribution in [0.1, 0.15) is 18.9 Å². The first kappa shape index (κ1) is 11.6. The third-order valence-corrected chi connectivity index (χ3v) is 2.49. The lowest BCUT2D eigenvalue weighted by Gasteiger charge is -2.02. The average molecular weight is 238 g/mol. The molecule has 0 amide bonds. The van der Waals surface area contributed by atoms with Gasteiger partial charge in [-0.25, -0.2) is 8.78 Å². The van der Waals surface area contributed by atoms with Crippen LogP contribution < -0.4 is 5.73 Å². The van der Waals surface area contributed by atoms with Gasteiger partial charge in [0.05, 0.1) is 5.56 Å². The number of hydrogen-bond acceptors (Lipinski definition) is 3. The van der Waals surface area contributed by atoms with Gasteiger partial charge in [-0.3, -0.25) is 0 Å². The molecule has 90 valence electrons. The Kier molecular flexibility index (Phi) is 3.08. The van der Waals surface area contributed by atoms with Crippen LogP contribution in [0.2, 0.25) is 0 Å². The third kappa shape index (κ3) is 2.13. The fraction of sp³-hybridized carbons (Fsp3) is 0.250. The van der Waals surface area contributed by atoms with Crippen LogP contribution in [0.3, 0.4) is 0 Å². The minimum Gasteiger partial charge on any atom is -0.381 e. The van der Waals surface area contributed by atoms with Gasteiger partial charge in [0.1, 0.15) is 11.6 Å². The Hall–Kier alpha value is -1.91. The maximum atomic E-state index is 13.6. The van der Waals surface area contributed by atoms with Gasteiger partial charge in [-0.2, -0.15) is 0 Å². The molecule has 0 bridgehead atoms. The van der Waals surface area contributed by atoms with E-state index in [9.17, 15) is 8.78 Å². The van der Waals surface area contributed by atoms with E-state index in [0.29, 0.717) is 12.0 Å². The van der Waals surface area contributed by atoms with Gasteiger partial charge in [0, 0.05) is 5.56 Å². The molecule has 0 unspecified atom stereocenters. The van der Waals surface area contributed by atoms with Crippen molar-refractivity contribution in [3.8, 4) is 11.3 Å². The van der Waals surface area contributed by atoms with Gasteiger partial charge in [-0.1, -0.05) is 18.5 Å². The van der Waals surface area contributed by atoms with Crippen LogP contribution in [0.25, 0.3) is 11.3 Å². The molecule has 0 spiro atoms. The normalized spacial score (nSPS) is 10.8. The van der Waals surface area contributed by atoms with Crippen LogP contribution in [0, 0.1) is 11.6 Å². The molecule has 0 aliphatic carbocycles. The van der Waals surface area contributed by atoms with Crippen molar-refractivity contribution in [2.24, 2.45) is 0 Å². The summed E-state index contributed by atoms with van der Waals surface area (Å²) in [7, 11) is 0. The molecule has 0 aliphatic rings.